The van der Waals surface area contributed by atoms with Gasteiger partial charge < -0.3 is 10.2 Å². The van der Waals surface area contributed by atoms with Gasteiger partial charge >= 0.3 is 0 Å². The van der Waals surface area contributed by atoms with Crippen LogP contribution in [0.15, 0.2) is 30.5 Å². The molecule has 2 aliphatic rings. The molecule has 2 fully saturated rings. The molecule has 1 aromatic carbocycles. The fourth-order valence-corrected chi connectivity index (χ4v) is 3.37. The third kappa shape index (κ3) is 2.96. The first-order valence-electron chi connectivity index (χ1n) is 7.70. The van der Waals surface area contributed by atoms with Crippen LogP contribution in [0.4, 0.5) is 0 Å². The van der Waals surface area contributed by atoms with E-state index in [4.69, 9.17) is 0 Å². The van der Waals surface area contributed by atoms with Crippen LogP contribution in [0.1, 0.15) is 16.1 Å². The minimum atomic E-state index is -0.00670. The average Bonchev–Trinajstić information content (AvgIpc) is 3.22. The number of rotatable bonds is 2. The molecule has 2 aliphatic heterocycles. The number of carbonyl (C=O) groups is 1. The highest BCUT2D eigenvalue weighted by Crippen LogP contribution is 2.27. The maximum atomic E-state index is 12.6. The second-order valence-electron chi connectivity index (χ2n) is 6.27. The molecular formula is C16H20ClN5O. The van der Waals surface area contributed by atoms with Gasteiger partial charge in [-0.25, -0.2) is 4.68 Å². The summed E-state index contributed by atoms with van der Waals surface area (Å²) in [7, 11) is 0. The lowest BCUT2D eigenvalue weighted by atomic mass is 10.0. The molecule has 3 heterocycles. The zero-order valence-corrected chi connectivity index (χ0v) is 13.8. The monoisotopic (exact) mass is 333 g/mol. The molecule has 0 radical (unpaired) electrons. The number of carbonyl (C=O) groups excluding carboxylic acids is 1. The maximum Gasteiger partial charge on any atom is 0.276 e. The van der Waals surface area contributed by atoms with Crippen molar-refractivity contribution in [3.63, 3.8) is 0 Å². The van der Waals surface area contributed by atoms with E-state index in [2.05, 4.69) is 15.6 Å². The molecule has 2 saturated heterocycles. The van der Waals surface area contributed by atoms with E-state index in [-0.39, 0.29) is 18.3 Å². The van der Waals surface area contributed by atoms with E-state index >= 15 is 0 Å². The highest BCUT2D eigenvalue weighted by Gasteiger charge is 2.38. The molecule has 0 unspecified atom stereocenters. The summed E-state index contributed by atoms with van der Waals surface area (Å²) >= 11 is 0. The van der Waals surface area contributed by atoms with E-state index in [9.17, 15) is 4.79 Å². The molecule has 1 N–H and O–H groups in total. The third-order valence-electron chi connectivity index (χ3n) is 4.69. The van der Waals surface area contributed by atoms with Gasteiger partial charge in [-0.2, -0.15) is 0 Å². The number of nitrogens with one attached hydrogen (secondary N) is 1. The Morgan fingerprint density at radius 3 is 2.48 bits per heavy atom. The number of hydrogen-bond acceptors (Lipinski definition) is 4. The Morgan fingerprint density at radius 1 is 1.17 bits per heavy atom. The number of aromatic nitrogens is 3. The van der Waals surface area contributed by atoms with Crippen LogP contribution in [0.25, 0.3) is 5.69 Å². The molecule has 0 spiro atoms. The van der Waals surface area contributed by atoms with Gasteiger partial charge in [-0.3, -0.25) is 4.79 Å². The Hall–Kier alpha value is -1.92. The van der Waals surface area contributed by atoms with Crippen LogP contribution in [-0.4, -0.2) is 52.0 Å². The lowest BCUT2D eigenvalue weighted by molar-refractivity contribution is 0.0776. The first-order valence-corrected chi connectivity index (χ1v) is 7.70. The summed E-state index contributed by atoms with van der Waals surface area (Å²) in [5.74, 6) is 1.18. The predicted octanol–water partition coefficient (Wildman–Crippen LogP) is 1.29. The van der Waals surface area contributed by atoms with Crippen molar-refractivity contribution in [2.24, 2.45) is 11.8 Å². The third-order valence-corrected chi connectivity index (χ3v) is 4.69. The van der Waals surface area contributed by atoms with Crippen molar-refractivity contribution in [2.75, 3.05) is 26.2 Å². The number of halogens is 1. The maximum absolute atomic E-state index is 12.6. The van der Waals surface area contributed by atoms with Gasteiger partial charge in [0.25, 0.3) is 5.91 Å². The Morgan fingerprint density at radius 2 is 1.83 bits per heavy atom. The van der Waals surface area contributed by atoms with Gasteiger partial charge in [0.15, 0.2) is 5.69 Å². The van der Waals surface area contributed by atoms with E-state index < -0.39 is 0 Å². The zero-order valence-electron chi connectivity index (χ0n) is 13.0. The second kappa shape index (κ2) is 6.29. The zero-order chi connectivity index (χ0) is 15.1. The Bertz CT molecular complexity index is 687. The average molecular weight is 334 g/mol. The van der Waals surface area contributed by atoms with Crippen molar-refractivity contribution in [1.29, 1.82) is 0 Å². The quantitative estimate of drug-likeness (QED) is 0.899. The molecule has 0 bridgehead atoms. The molecule has 122 valence electrons. The largest absolute Gasteiger partial charge is 0.337 e. The fraction of sp³-hybridized carbons (Fsp3) is 0.438. The molecule has 7 heteroatoms. The highest BCUT2D eigenvalue weighted by molar-refractivity contribution is 5.92. The smallest absolute Gasteiger partial charge is 0.276 e. The molecule has 4 rings (SSSR count). The molecule has 0 aliphatic carbocycles. The molecule has 6 nitrogen and oxygen atoms in total. The number of hydrogen-bond donors (Lipinski definition) is 1. The summed E-state index contributed by atoms with van der Waals surface area (Å²) in [6.45, 7) is 5.73. The molecule has 2 aromatic rings. The summed E-state index contributed by atoms with van der Waals surface area (Å²) < 4.78 is 1.66. The Balaban J connectivity index is 0.00000156. The van der Waals surface area contributed by atoms with Gasteiger partial charge in [-0.1, -0.05) is 22.9 Å². The van der Waals surface area contributed by atoms with Crippen LogP contribution in [-0.2, 0) is 0 Å². The van der Waals surface area contributed by atoms with E-state index in [1.165, 1.54) is 5.56 Å². The molecule has 23 heavy (non-hydrogen) atoms. The second-order valence-corrected chi connectivity index (χ2v) is 6.27. The first-order chi connectivity index (χ1) is 10.7. The summed E-state index contributed by atoms with van der Waals surface area (Å²) in [4.78, 5) is 14.5. The summed E-state index contributed by atoms with van der Waals surface area (Å²) in [6, 6.07) is 7.99. The van der Waals surface area contributed by atoms with Crippen LogP contribution in [0, 0.1) is 18.8 Å². The number of likely N-dealkylation sites (tertiary alicyclic amines) is 1. The normalized spacial score (nSPS) is 22.7. The lowest BCUT2D eigenvalue weighted by Crippen LogP contribution is -2.32. The SMILES string of the molecule is Cc1ccc(-n2cc(C(=O)N3C[C@H]4CNC[C@H]4C3)nn2)cc1.Cl. The van der Waals surface area contributed by atoms with Crippen LogP contribution in [0.3, 0.4) is 0 Å². The predicted molar refractivity (Wildman–Crippen MR) is 89.1 cm³/mol. The summed E-state index contributed by atoms with van der Waals surface area (Å²) in [6.07, 6.45) is 1.72. The minimum absolute atomic E-state index is 0. The van der Waals surface area contributed by atoms with Crippen molar-refractivity contribution < 1.29 is 4.79 Å². The van der Waals surface area contributed by atoms with Crippen LogP contribution in [0.5, 0.6) is 0 Å². The van der Waals surface area contributed by atoms with Gasteiger partial charge in [-0.15, -0.1) is 17.5 Å². The van der Waals surface area contributed by atoms with Crippen LogP contribution in [0.2, 0.25) is 0 Å². The first kappa shape index (κ1) is 16.0. The lowest BCUT2D eigenvalue weighted by Gasteiger charge is -2.15. The number of amides is 1. The fourth-order valence-electron chi connectivity index (χ4n) is 3.37. The molecule has 0 saturated carbocycles. The van der Waals surface area contributed by atoms with Gasteiger partial charge in [0.2, 0.25) is 0 Å². The summed E-state index contributed by atoms with van der Waals surface area (Å²) in [5.41, 5.74) is 2.53. The van der Waals surface area contributed by atoms with Crippen LogP contribution >= 0.6 is 12.4 Å². The van der Waals surface area contributed by atoms with Crippen molar-refractivity contribution in [1.82, 2.24) is 25.2 Å². The Labute approximate surface area is 141 Å². The molecule has 2 atom stereocenters. The number of aryl methyl sites for hydroxylation is 1. The van der Waals surface area contributed by atoms with Crippen molar-refractivity contribution in [3.8, 4) is 5.69 Å². The number of nitrogens with zero attached hydrogens (tertiary/aromatic N) is 4. The summed E-state index contributed by atoms with van der Waals surface area (Å²) in [5, 5.41) is 11.5. The standard InChI is InChI=1S/C16H19N5O.ClH/c1-11-2-4-14(5-3-11)21-10-15(18-19-21)16(22)20-8-12-6-17-7-13(12)9-20;/h2-5,10,12-13,17H,6-9H2,1H3;1H/t12-,13+;. The van der Waals surface area contributed by atoms with E-state index in [1.54, 1.807) is 10.9 Å². The van der Waals surface area contributed by atoms with Gasteiger partial charge in [-0.05, 0) is 30.9 Å². The Kier molecular flexibility index (Phi) is 4.37. The topological polar surface area (TPSA) is 63.1 Å². The molecule has 1 aromatic heterocycles. The molecular weight excluding hydrogens is 314 g/mol. The van der Waals surface area contributed by atoms with Crippen LogP contribution < -0.4 is 5.32 Å². The van der Waals surface area contributed by atoms with E-state index in [0.717, 1.165) is 31.9 Å². The minimum Gasteiger partial charge on any atom is -0.337 e. The number of fused-ring (bicyclic) bond motifs is 1. The van der Waals surface area contributed by atoms with Crippen molar-refractivity contribution in [3.05, 3.63) is 41.7 Å². The highest BCUT2D eigenvalue weighted by atomic mass is 35.5. The van der Waals surface area contributed by atoms with Gasteiger partial charge in [0, 0.05) is 26.2 Å². The van der Waals surface area contributed by atoms with Gasteiger partial charge in [0.1, 0.15) is 0 Å². The van der Waals surface area contributed by atoms with E-state index in [1.807, 2.05) is 36.1 Å². The number of benzene rings is 1. The van der Waals surface area contributed by atoms with Crippen molar-refractivity contribution in [2.45, 2.75) is 6.92 Å². The molecule has 1 amide bonds. The van der Waals surface area contributed by atoms with Gasteiger partial charge in [0.05, 0.1) is 11.9 Å². The van der Waals surface area contributed by atoms with E-state index in [0.29, 0.717) is 17.5 Å². The van der Waals surface area contributed by atoms with Crippen molar-refractivity contribution >= 4 is 18.3 Å².